The number of fused-ring (bicyclic) bond motifs is 1. The lowest BCUT2D eigenvalue weighted by Gasteiger charge is -2.07. The molecule has 0 aliphatic heterocycles. The van der Waals surface area contributed by atoms with Crippen molar-refractivity contribution in [2.24, 2.45) is 5.73 Å². The third-order valence-electron chi connectivity index (χ3n) is 3.22. The van der Waals surface area contributed by atoms with Gasteiger partial charge in [0.15, 0.2) is 0 Å². The smallest absolute Gasteiger partial charge is 0.249 e. The van der Waals surface area contributed by atoms with E-state index in [1.165, 1.54) is 12.1 Å². The van der Waals surface area contributed by atoms with Gasteiger partial charge >= 0.3 is 0 Å². The van der Waals surface area contributed by atoms with Crippen molar-refractivity contribution in [2.75, 3.05) is 0 Å². The molecule has 2 aromatic heterocycles. The van der Waals surface area contributed by atoms with E-state index in [4.69, 9.17) is 5.73 Å². The van der Waals surface area contributed by atoms with Gasteiger partial charge in [0.2, 0.25) is 5.56 Å². The number of rotatable bonds is 2. The van der Waals surface area contributed by atoms with Crippen LogP contribution in [0.25, 0.3) is 22.2 Å². The van der Waals surface area contributed by atoms with Crippen molar-refractivity contribution in [3.8, 4) is 11.1 Å². The van der Waals surface area contributed by atoms with Gasteiger partial charge in [-0.05, 0) is 29.3 Å². The molecule has 2 heterocycles. The molecule has 0 atom stereocenters. The Morgan fingerprint density at radius 3 is 2.71 bits per heavy atom. The molecule has 0 amide bonds. The molecule has 0 aliphatic carbocycles. The first kappa shape index (κ1) is 15.2. The summed E-state index contributed by atoms with van der Waals surface area (Å²) >= 11 is 0. The largest absolute Gasteiger partial charge is 0.326 e. The normalized spacial score (nSPS) is 10.4. The number of pyridine rings is 2. The van der Waals surface area contributed by atoms with E-state index in [2.05, 4.69) is 9.97 Å². The molecule has 3 rings (SSSR count). The molecule has 0 spiro atoms. The zero-order valence-corrected chi connectivity index (χ0v) is 11.8. The number of nitrogens with two attached hydrogens (primary N) is 1. The molecule has 1 aromatic carbocycles. The molecule has 0 radical (unpaired) electrons. The van der Waals surface area contributed by atoms with Crippen molar-refractivity contribution in [1.82, 2.24) is 9.97 Å². The molecule has 0 unspecified atom stereocenters. The van der Waals surface area contributed by atoms with Gasteiger partial charge in [0.1, 0.15) is 11.5 Å². The SMILES string of the molecule is Cl.NCc1ccc(-c2ccnc3[nH]c(=O)ccc23)cc1F. The van der Waals surface area contributed by atoms with E-state index in [1.807, 2.05) is 6.07 Å². The maximum atomic E-state index is 13.8. The Kier molecular flexibility index (Phi) is 4.35. The number of aromatic amines is 1. The summed E-state index contributed by atoms with van der Waals surface area (Å²) < 4.78 is 13.8. The van der Waals surface area contributed by atoms with Gasteiger partial charge in [-0.15, -0.1) is 12.4 Å². The zero-order chi connectivity index (χ0) is 14.1. The van der Waals surface area contributed by atoms with Crippen molar-refractivity contribution >= 4 is 23.4 Å². The Morgan fingerprint density at radius 2 is 2.00 bits per heavy atom. The van der Waals surface area contributed by atoms with Gasteiger partial charge < -0.3 is 10.7 Å². The quantitative estimate of drug-likeness (QED) is 0.764. The first-order chi connectivity index (χ1) is 9.69. The minimum absolute atomic E-state index is 0. The highest BCUT2D eigenvalue weighted by molar-refractivity contribution is 5.92. The molecular weight excluding hydrogens is 293 g/mol. The van der Waals surface area contributed by atoms with Gasteiger partial charge in [-0.2, -0.15) is 0 Å². The second-order valence-corrected chi connectivity index (χ2v) is 4.45. The lowest BCUT2D eigenvalue weighted by molar-refractivity contribution is 0.611. The highest BCUT2D eigenvalue weighted by atomic mass is 35.5. The number of aromatic nitrogens is 2. The van der Waals surface area contributed by atoms with Crippen LogP contribution in [0.5, 0.6) is 0 Å². The fourth-order valence-corrected chi connectivity index (χ4v) is 2.19. The van der Waals surface area contributed by atoms with Crippen molar-refractivity contribution in [3.63, 3.8) is 0 Å². The Balaban J connectivity index is 0.00000161. The van der Waals surface area contributed by atoms with Gasteiger partial charge in [-0.1, -0.05) is 12.1 Å². The number of H-pyrrole nitrogens is 1. The standard InChI is InChI=1S/C15H12FN3O.ClH/c16-13-7-9(1-2-10(13)8-17)11-5-6-18-15-12(11)3-4-14(20)19-15;/h1-7H,8,17H2,(H,18,19,20);1H. The molecule has 0 bridgehead atoms. The number of nitrogens with zero attached hydrogens (tertiary/aromatic N) is 1. The average molecular weight is 306 g/mol. The number of benzene rings is 1. The Hall–Kier alpha value is -2.24. The summed E-state index contributed by atoms with van der Waals surface area (Å²) in [6.07, 6.45) is 1.59. The van der Waals surface area contributed by atoms with Crippen LogP contribution in [0.3, 0.4) is 0 Å². The van der Waals surface area contributed by atoms with E-state index < -0.39 is 0 Å². The van der Waals surface area contributed by atoms with Gasteiger partial charge in [0.05, 0.1) is 0 Å². The Bertz CT molecular complexity index is 848. The topological polar surface area (TPSA) is 71.8 Å². The van der Waals surface area contributed by atoms with Crippen LogP contribution in [0, 0.1) is 5.82 Å². The van der Waals surface area contributed by atoms with Crippen molar-refractivity contribution < 1.29 is 4.39 Å². The predicted octanol–water partition coefficient (Wildman–Crippen LogP) is 2.61. The molecule has 108 valence electrons. The van der Waals surface area contributed by atoms with Crippen molar-refractivity contribution in [1.29, 1.82) is 0 Å². The zero-order valence-electron chi connectivity index (χ0n) is 11.0. The van der Waals surface area contributed by atoms with Gasteiger partial charge in [-0.25, -0.2) is 9.37 Å². The second-order valence-electron chi connectivity index (χ2n) is 4.45. The van der Waals surface area contributed by atoms with Crippen LogP contribution in [-0.2, 0) is 6.54 Å². The minimum Gasteiger partial charge on any atom is -0.326 e. The van der Waals surface area contributed by atoms with Crippen LogP contribution in [0.15, 0.2) is 47.4 Å². The van der Waals surface area contributed by atoms with Crippen LogP contribution in [0.4, 0.5) is 4.39 Å². The summed E-state index contributed by atoms with van der Waals surface area (Å²) in [5.74, 6) is -0.334. The lowest BCUT2D eigenvalue weighted by atomic mass is 10.0. The summed E-state index contributed by atoms with van der Waals surface area (Å²) in [6.45, 7) is 0.163. The highest BCUT2D eigenvalue weighted by Gasteiger charge is 2.08. The predicted molar refractivity (Wildman–Crippen MR) is 82.9 cm³/mol. The van der Waals surface area contributed by atoms with Gasteiger partial charge in [0, 0.05) is 29.8 Å². The van der Waals surface area contributed by atoms with Crippen molar-refractivity contribution in [3.05, 3.63) is 64.3 Å². The van der Waals surface area contributed by atoms with E-state index in [-0.39, 0.29) is 30.3 Å². The van der Waals surface area contributed by atoms with E-state index in [0.29, 0.717) is 11.2 Å². The van der Waals surface area contributed by atoms with E-state index in [0.717, 1.165) is 16.5 Å². The molecule has 6 heteroatoms. The molecule has 0 saturated carbocycles. The van der Waals surface area contributed by atoms with Crippen molar-refractivity contribution in [2.45, 2.75) is 6.54 Å². The first-order valence-electron chi connectivity index (χ1n) is 6.16. The maximum Gasteiger partial charge on any atom is 0.249 e. The summed E-state index contributed by atoms with van der Waals surface area (Å²) in [5.41, 5.74) is 7.73. The first-order valence-corrected chi connectivity index (χ1v) is 6.16. The van der Waals surface area contributed by atoms with Gasteiger partial charge in [-0.3, -0.25) is 4.79 Å². The molecule has 0 saturated heterocycles. The summed E-state index contributed by atoms with van der Waals surface area (Å²) in [4.78, 5) is 18.1. The molecule has 0 aliphatic rings. The molecule has 0 fully saturated rings. The lowest BCUT2D eigenvalue weighted by Crippen LogP contribution is -2.04. The molecule has 3 aromatic rings. The summed E-state index contributed by atoms with van der Waals surface area (Å²) in [7, 11) is 0. The Labute approximate surface area is 126 Å². The van der Waals surface area contributed by atoms with E-state index >= 15 is 0 Å². The molecule has 21 heavy (non-hydrogen) atoms. The molecule has 4 nitrogen and oxygen atoms in total. The van der Waals surface area contributed by atoms with Gasteiger partial charge in [0.25, 0.3) is 0 Å². The Morgan fingerprint density at radius 1 is 1.19 bits per heavy atom. The number of hydrogen-bond acceptors (Lipinski definition) is 3. The highest BCUT2D eigenvalue weighted by Crippen LogP contribution is 2.27. The second kappa shape index (κ2) is 6.03. The van der Waals surface area contributed by atoms with Crippen LogP contribution in [0.2, 0.25) is 0 Å². The average Bonchev–Trinajstić information content (AvgIpc) is 2.46. The maximum absolute atomic E-state index is 13.8. The number of halogens is 2. The molecule has 3 N–H and O–H groups in total. The molecular formula is C15H13ClFN3O. The van der Waals surface area contributed by atoms with Crippen LogP contribution in [0.1, 0.15) is 5.56 Å². The third kappa shape index (κ3) is 2.79. The fraction of sp³-hybridized carbons (Fsp3) is 0.0667. The fourth-order valence-electron chi connectivity index (χ4n) is 2.19. The number of nitrogens with one attached hydrogen (secondary N) is 1. The van der Waals surface area contributed by atoms with Crippen LogP contribution >= 0.6 is 12.4 Å². The number of hydrogen-bond donors (Lipinski definition) is 2. The van der Waals surface area contributed by atoms with Crippen LogP contribution in [-0.4, -0.2) is 9.97 Å². The van der Waals surface area contributed by atoms with Crippen LogP contribution < -0.4 is 11.3 Å². The summed E-state index contributed by atoms with van der Waals surface area (Å²) in [6, 6.07) is 9.83. The minimum atomic E-state index is -0.334. The summed E-state index contributed by atoms with van der Waals surface area (Å²) in [5, 5.41) is 0.770. The van der Waals surface area contributed by atoms with E-state index in [1.54, 1.807) is 24.4 Å². The van der Waals surface area contributed by atoms with E-state index in [9.17, 15) is 9.18 Å². The monoisotopic (exact) mass is 305 g/mol. The third-order valence-corrected chi connectivity index (χ3v) is 3.22.